The van der Waals surface area contributed by atoms with E-state index in [4.69, 9.17) is 0 Å². The number of anilines is 2. The first-order valence-corrected chi connectivity index (χ1v) is 6.49. The topological polar surface area (TPSA) is 108 Å². The maximum absolute atomic E-state index is 12.2. The van der Waals surface area contributed by atoms with Crippen molar-refractivity contribution in [3.8, 4) is 0 Å². The fraction of sp³-hybridized carbons (Fsp3) is 0.182. The van der Waals surface area contributed by atoms with E-state index >= 15 is 0 Å². The van der Waals surface area contributed by atoms with Crippen LogP contribution in [-0.4, -0.2) is 38.5 Å². The minimum atomic E-state index is -0.953. The molecular weight excluding hydrogens is 282 g/mol. The quantitative estimate of drug-likeness (QED) is 0.859. The number of nitrogens with zero attached hydrogens (tertiary/aromatic N) is 4. The first-order chi connectivity index (χ1) is 9.66. The summed E-state index contributed by atoms with van der Waals surface area (Å²) in [6.07, 6.45) is 0. The summed E-state index contributed by atoms with van der Waals surface area (Å²) in [5, 5.41) is 19.0. The van der Waals surface area contributed by atoms with Crippen molar-refractivity contribution in [1.29, 1.82) is 0 Å². The van der Waals surface area contributed by atoms with E-state index in [1.807, 2.05) is 0 Å². The monoisotopic (exact) mass is 291 g/mol. The van der Waals surface area contributed by atoms with E-state index in [-0.39, 0.29) is 11.7 Å². The van der Waals surface area contributed by atoms with Gasteiger partial charge in [-0.2, -0.15) is 0 Å². The Hall–Kier alpha value is -2.55. The van der Waals surface area contributed by atoms with E-state index in [2.05, 4.69) is 20.1 Å². The second kappa shape index (κ2) is 4.85. The molecule has 1 atom stereocenters. The number of carbonyl (C=O) groups is 2. The summed E-state index contributed by atoms with van der Waals surface area (Å²) in [7, 11) is 0. The molecule has 1 unspecified atom stereocenters. The zero-order chi connectivity index (χ0) is 14.1. The van der Waals surface area contributed by atoms with Gasteiger partial charge in [-0.3, -0.25) is 15.0 Å². The Morgan fingerprint density at radius 2 is 2.20 bits per heavy atom. The maximum Gasteiger partial charge on any atom is 0.328 e. The first-order valence-electron chi connectivity index (χ1n) is 5.72. The SMILES string of the molecule is O=C(O)C1CN(C(=O)Nc2nnns2)c2ccccc21. The van der Waals surface area contributed by atoms with Gasteiger partial charge in [-0.1, -0.05) is 27.8 Å². The minimum absolute atomic E-state index is 0.0900. The first kappa shape index (κ1) is 12.5. The highest BCUT2D eigenvalue weighted by atomic mass is 32.1. The molecule has 0 bridgehead atoms. The van der Waals surface area contributed by atoms with Crippen LogP contribution in [0.5, 0.6) is 0 Å². The largest absolute Gasteiger partial charge is 0.481 e. The molecular formula is C11H9N5O3S. The summed E-state index contributed by atoms with van der Waals surface area (Å²) in [5.74, 6) is -1.67. The highest BCUT2D eigenvalue weighted by molar-refractivity contribution is 7.09. The lowest BCUT2D eigenvalue weighted by atomic mass is 10.0. The van der Waals surface area contributed by atoms with Crippen molar-refractivity contribution in [3.63, 3.8) is 0 Å². The van der Waals surface area contributed by atoms with Gasteiger partial charge in [0.05, 0.1) is 0 Å². The van der Waals surface area contributed by atoms with Crippen LogP contribution in [0.3, 0.4) is 0 Å². The molecule has 0 aliphatic carbocycles. The Morgan fingerprint density at radius 1 is 1.40 bits per heavy atom. The molecule has 0 spiro atoms. The van der Waals surface area contributed by atoms with Crippen LogP contribution in [0.1, 0.15) is 11.5 Å². The Morgan fingerprint density at radius 3 is 2.90 bits per heavy atom. The summed E-state index contributed by atoms with van der Waals surface area (Å²) in [5.41, 5.74) is 1.22. The average Bonchev–Trinajstić information content (AvgIpc) is 3.05. The van der Waals surface area contributed by atoms with Gasteiger partial charge >= 0.3 is 12.0 Å². The third-order valence-electron chi connectivity index (χ3n) is 3.02. The number of nitrogens with one attached hydrogen (secondary N) is 1. The molecule has 20 heavy (non-hydrogen) atoms. The maximum atomic E-state index is 12.2. The van der Waals surface area contributed by atoms with Gasteiger partial charge in [0.25, 0.3) is 0 Å². The molecule has 8 nitrogen and oxygen atoms in total. The van der Waals surface area contributed by atoms with Crippen LogP contribution >= 0.6 is 11.5 Å². The van der Waals surface area contributed by atoms with E-state index in [0.717, 1.165) is 11.5 Å². The number of aliphatic carboxylic acids is 1. The Balaban J connectivity index is 1.88. The van der Waals surface area contributed by atoms with E-state index < -0.39 is 17.9 Å². The van der Waals surface area contributed by atoms with E-state index in [1.165, 1.54) is 4.90 Å². The average molecular weight is 291 g/mol. The minimum Gasteiger partial charge on any atom is -0.481 e. The number of carbonyl (C=O) groups excluding carboxylic acids is 1. The fourth-order valence-corrected chi connectivity index (χ4v) is 2.51. The third-order valence-corrected chi connectivity index (χ3v) is 3.54. The normalized spacial score (nSPS) is 16.8. The van der Waals surface area contributed by atoms with Crippen molar-refractivity contribution in [2.24, 2.45) is 0 Å². The van der Waals surface area contributed by atoms with Crippen LogP contribution in [0.25, 0.3) is 0 Å². The second-order valence-corrected chi connectivity index (χ2v) is 4.89. The van der Waals surface area contributed by atoms with Crippen LogP contribution in [0.2, 0.25) is 0 Å². The number of amides is 2. The van der Waals surface area contributed by atoms with Crippen LogP contribution in [-0.2, 0) is 4.79 Å². The number of hydrogen-bond acceptors (Lipinski definition) is 6. The van der Waals surface area contributed by atoms with Crippen LogP contribution in [0, 0.1) is 0 Å². The number of hydrogen-bond donors (Lipinski definition) is 2. The lowest BCUT2D eigenvalue weighted by Crippen LogP contribution is -2.35. The van der Waals surface area contributed by atoms with Crippen LogP contribution < -0.4 is 10.2 Å². The van der Waals surface area contributed by atoms with Gasteiger partial charge in [0.2, 0.25) is 5.13 Å². The van der Waals surface area contributed by atoms with Crippen LogP contribution in [0.15, 0.2) is 24.3 Å². The van der Waals surface area contributed by atoms with Gasteiger partial charge in [-0.05, 0) is 16.8 Å². The lowest BCUT2D eigenvalue weighted by Gasteiger charge is -2.16. The summed E-state index contributed by atoms with van der Waals surface area (Å²) in [6.45, 7) is 0.0900. The van der Waals surface area contributed by atoms with E-state index in [0.29, 0.717) is 11.3 Å². The van der Waals surface area contributed by atoms with Gasteiger partial charge < -0.3 is 5.11 Å². The summed E-state index contributed by atoms with van der Waals surface area (Å²) in [4.78, 5) is 24.8. The molecule has 3 rings (SSSR count). The van der Waals surface area contributed by atoms with Crippen molar-refractivity contribution >= 4 is 34.4 Å². The predicted octanol–water partition coefficient (Wildman–Crippen LogP) is 1.15. The van der Waals surface area contributed by atoms with Crippen molar-refractivity contribution in [3.05, 3.63) is 29.8 Å². The smallest absolute Gasteiger partial charge is 0.328 e. The third kappa shape index (κ3) is 2.07. The molecule has 1 aliphatic rings. The molecule has 0 saturated carbocycles. The molecule has 0 fully saturated rings. The number of carboxylic acids is 1. The van der Waals surface area contributed by atoms with E-state index in [9.17, 15) is 14.7 Å². The lowest BCUT2D eigenvalue weighted by molar-refractivity contribution is -0.138. The molecule has 0 radical (unpaired) electrons. The molecule has 102 valence electrons. The summed E-state index contributed by atoms with van der Waals surface area (Å²) < 4.78 is 3.54. The number of carboxylic acid groups (broad SMARTS) is 1. The molecule has 2 amide bonds. The van der Waals surface area contributed by atoms with Gasteiger partial charge in [-0.25, -0.2) is 4.79 Å². The zero-order valence-corrected chi connectivity index (χ0v) is 10.9. The Bertz CT molecular complexity index is 660. The fourth-order valence-electron chi connectivity index (χ4n) is 2.15. The van der Waals surface area contributed by atoms with E-state index in [1.54, 1.807) is 24.3 Å². The number of aromatic nitrogens is 3. The van der Waals surface area contributed by atoms with Gasteiger partial charge in [-0.15, -0.1) is 0 Å². The number of benzene rings is 1. The van der Waals surface area contributed by atoms with Crippen molar-refractivity contribution in [2.45, 2.75) is 5.92 Å². The molecule has 1 aromatic heterocycles. The van der Waals surface area contributed by atoms with Gasteiger partial charge in [0.1, 0.15) is 5.92 Å². The zero-order valence-electron chi connectivity index (χ0n) is 10.1. The Kier molecular flexibility index (Phi) is 3.03. The Labute approximate surface area is 117 Å². The van der Waals surface area contributed by atoms with Crippen molar-refractivity contribution < 1.29 is 14.7 Å². The molecule has 1 aromatic carbocycles. The molecule has 0 saturated heterocycles. The van der Waals surface area contributed by atoms with Gasteiger partial charge in [0, 0.05) is 23.8 Å². The van der Waals surface area contributed by atoms with Crippen molar-refractivity contribution in [1.82, 2.24) is 14.8 Å². The number of urea groups is 1. The number of fused-ring (bicyclic) bond motifs is 1. The number of para-hydroxylation sites is 1. The summed E-state index contributed by atoms with van der Waals surface area (Å²) >= 11 is 0.951. The predicted molar refractivity (Wildman–Crippen MR) is 70.9 cm³/mol. The van der Waals surface area contributed by atoms with Gasteiger partial charge in [0.15, 0.2) is 0 Å². The highest BCUT2D eigenvalue weighted by Gasteiger charge is 2.36. The second-order valence-electron chi connectivity index (χ2n) is 4.16. The van der Waals surface area contributed by atoms with Crippen LogP contribution in [0.4, 0.5) is 15.6 Å². The summed E-state index contributed by atoms with van der Waals surface area (Å²) in [6, 6.07) is 6.50. The van der Waals surface area contributed by atoms with Crippen molar-refractivity contribution in [2.75, 3.05) is 16.8 Å². The standard InChI is InChI=1S/C11H9N5O3S/c17-9(18)7-5-16(8-4-2-1-3-6(7)8)11(19)12-10-13-14-15-20-10/h1-4,7H,5H2,(H,17,18)(H,12,13,15,19). The highest BCUT2D eigenvalue weighted by Crippen LogP contribution is 2.36. The molecule has 2 N–H and O–H groups in total. The molecule has 1 aliphatic heterocycles. The molecule has 2 heterocycles. The molecule has 9 heteroatoms. The number of rotatable bonds is 2. The molecule has 2 aromatic rings.